The van der Waals surface area contributed by atoms with E-state index in [0.29, 0.717) is 12.6 Å². The molecule has 0 aromatic rings. The van der Waals surface area contributed by atoms with Crippen molar-refractivity contribution in [3.05, 3.63) is 0 Å². The molecule has 1 saturated heterocycles. The van der Waals surface area contributed by atoms with Gasteiger partial charge in [-0.3, -0.25) is 4.90 Å². The van der Waals surface area contributed by atoms with Gasteiger partial charge in [0.1, 0.15) is 0 Å². The van der Waals surface area contributed by atoms with Crippen LogP contribution in [-0.4, -0.2) is 35.2 Å². The summed E-state index contributed by atoms with van der Waals surface area (Å²) in [5.74, 6) is 0. The van der Waals surface area contributed by atoms with E-state index >= 15 is 0 Å². The number of nitrogens with zero attached hydrogens (tertiary/aromatic N) is 1. The van der Waals surface area contributed by atoms with E-state index in [4.69, 9.17) is 5.11 Å². The van der Waals surface area contributed by atoms with Gasteiger partial charge in [-0.15, -0.1) is 0 Å². The third-order valence-electron chi connectivity index (χ3n) is 3.18. The number of rotatable bonds is 2. The lowest BCUT2D eigenvalue weighted by Gasteiger charge is -2.38. The van der Waals surface area contributed by atoms with Crippen LogP contribution in [0.15, 0.2) is 0 Å². The van der Waals surface area contributed by atoms with Crippen molar-refractivity contribution in [2.75, 3.05) is 13.2 Å². The van der Waals surface area contributed by atoms with Gasteiger partial charge in [0, 0.05) is 12.1 Å². The van der Waals surface area contributed by atoms with Crippen LogP contribution in [0.4, 0.5) is 0 Å². The van der Waals surface area contributed by atoms with Crippen LogP contribution in [0.25, 0.3) is 0 Å². The molecule has 0 spiro atoms. The molecule has 1 saturated carbocycles. The first-order chi connectivity index (χ1) is 5.42. The molecule has 2 nitrogen and oxygen atoms in total. The summed E-state index contributed by atoms with van der Waals surface area (Å²) in [6.45, 7) is 1.60. The van der Waals surface area contributed by atoms with Crippen LogP contribution in [0.5, 0.6) is 0 Å². The molecule has 2 fully saturated rings. The second kappa shape index (κ2) is 3.11. The SMILES string of the molecule is OCC1CCCN1C1CCC1. The Hall–Kier alpha value is -0.0800. The molecule has 0 bridgehead atoms. The third kappa shape index (κ3) is 1.30. The minimum absolute atomic E-state index is 0.372. The van der Waals surface area contributed by atoms with Gasteiger partial charge in [0.15, 0.2) is 0 Å². The monoisotopic (exact) mass is 155 g/mol. The Labute approximate surface area is 68.2 Å². The second-order valence-corrected chi connectivity index (χ2v) is 3.80. The van der Waals surface area contributed by atoms with Crippen molar-refractivity contribution < 1.29 is 5.11 Å². The third-order valence-corrected chi connectivity index (χ3v) is 3.18. The number of hydrogen-bond acceptors (Lipinski definition) is 2. The Morgan fingerprint density at radius 3 is 2.55 bits per heavy atom. The smallest absolute Gasteiger partial charge is 0.0586 e. The minimum atomic E-state index is 0.372. The van der Waals surface area contributed by atoms with Gasteiger partial charge >= 0.3 is 0 Å². The van der Waals surface area contributed by atoms with Gasteiger partial charge in [0.2, 0.25) is 0 Å². The highest BCUT2D eigenvalue weighted by Crippen LogP contribution is 2.30. The van der Waals surface area contributed by atoms with Gasteiger partial charge in [-0.05, 0) is 32.2 Å². The first-order valence-electron chi connectivity index (χ1n) is 4.78. The second-order valence-electron chi connectivity index (χ2n) is 3.80. The van der Waals surface area contributed by atoms with E-state index in [0.717, 1.165) is 6.04 Å². The van der Waals surface area contributed by atoms with Crippen LogP contribution >= 0.6 is 0 Å². The molecular weight excluding hydrogens is 138 g/mol. The zero-order valence-electron chi connectivity index (χ0n) is 7.00. The van der Waals surface area contributed by atoms with Gasteiger partial charge in [0.25, 0.3) is 0 Å². The Kier molecular flexibility index (Phi) is 2.14. The summed E-state index contributed by atoms with van der Waals surface area (Å²) >= 11 is 0. The molecule has 0 amide bonds. The van der Waals surface area contributed by atoms with Crippen molar-refractivity contribution in [1.82, 2.24) is 4.90 Å². The Morgan fingerprint density at radius 2 is 2.00 bits per heavy atom. The number of aliphatic hydroxyl groups is 1. The predicted octanol–water partition coefficient (Wildman–Crippen LogP) is 0.996. The molecule has 2 heteroatoms. The number of hydrogen-bond donors (Lipinski definition) is 1. The fourth-order valence-electron chi connectivity index (χ4n) is 2.25. The van der Waals surface area contributed by atoms with E-state index in [1.807, 2.05) is 0 Å². The van der Waals surface area contributed by atoms with Crippen molar-refractivity contribution in [3.8, 4) is 0 Å². The fourth-order valence-corrected chi connectivity index (χ4v) is 2.25. The number of aliphatic hydroxyl groups excluding tert-OH is 1. The standard InChI is InChI=1S/C9H17NO/c11-7-9-5-2-6-10(9)8-3-1-4-8/h8-9,11H,1-7H2. The maximum absolute atomic E-state index is 9.06. The molecule has 1 aliphatic heterocycles. The van der Waals surface area contributed by atoms with Gasteiger partial charge in [-0.25, -0.2) is 0 Å². The van der Waals surface area contributed by atoms with Crippen molar-refractivity contribution in [1.29, 1.82) is 0 Å². The molecule has 1 atom stereocenters. The highest BCUT2D eigenvalue weighted by Gasteiger charge is 2.32. The van der Waals surface area contributed by atoms with Crippen LogP contribution in [0, 0.1) is 0 Å². The molecule has 2 aliphatic rings. The Balaban J connectivity index is 1.89. The van der Waals surface area contributed by atoms with E-state index in [1.54, 1.807) is 0 Å². The summed E-state index contributed by atoms with van der Waals surface area (Å²) in [5, 5.41) is 9.06. The summed E-state index contributed by atoms with van der Waals surface area (Å²) in [5.41, 5.74) is 0. The van der Waals surface area contributed by atoms with E-state index in [-0.39, 0.29) is 0 Å². The van der Waals surface area contributed by atoms with E-state index in [2.05, 4.69) is 4.90 Å². The Bertz CT molecular complexity index is 134. The highest BCUT2D eigenvalue weighted by atomic mass is 16.3. The summed E-state index contributed by atoms with van der Waals surface area (Å²) in [4.78, 5) is 2.52. The molecule has 1 heterocycles. The van der Waals surface area contributed by atoms with Crippen LogP contribution in [-0.2, 0) is 0 Å². The first-order valence-corrected chi connectivity index (χ1v) is 4.78. The van der Waals surface area contributed by atoms with Crippen molar-refractivity contribution in [2.45, 2.75) is 44.2 Å². The van der Waals surface area contributed by atoms with Gasteiger partial charge in [-0.2, -0.15) is 0 Å². The lowest BCUT2D eigenvalue weighted by atomic mass is 9.91. The van der Waals surface area contributed by atoms with Crippen molar-refractivity contribution in [3.63, 3.8) is 0 Å². The molecule has 1 aliphatic carbocycles. The summed E-state index contributed by atoms with van der Waals surface area (Å²) in [6, 6.07) is 1.33. The van der Waals surface area contributed by atoms with E-state index < -0.39 is 0 Å². The van der Waals surface area contributed by atoms with Crippen LogP contribution in [0.3, 0.4) is 0 Å². The first kappa shape index (κ1) is 7.56. The van der Waals surface area contributed by atoms with Gasteiger partial charge in [0.05, 0.1) is 6.61 Å². The average molecular weight is 155 g/mol. The fraction of sp³-hybridized carbons (Fsp3) is 1.00. The van der Waals surface area contributed by atoms with E-state index in [1.165, 1.54) is 38.6 Å². The summed E-state index contributed by atoms with van der Waals surface area (Å²) < 4.78 is 0. The predicted molar refractivity (Wildman–Crippen MR) is 44.5 cm³/mol. The average Bonchev–Trinajstić information content (AvgIpc) is 2.32. The van der Waals surface area contributed by atoms with E-state index in [9.17, 15) is 0 Å². The maximum Gasteiger partial charge on any atom is 0.0586 e. The minimum Gasteiger partial charge on any atom is -0.395 e. The zero-order chi connectivity index (χ0) is 7.68. The topological polar surface area (TPSA) is 23.5 Å². The summed E-state index contributed by atoms with van der Waals surface area (Å²) in [6.07, 6.45) is 6.65. The molecule has 2 rings (SSSR count). The molecule has 64 valence electrons. The quantitative estimate of drug-likeness (QED) is 0.643. The number of likely N-dealkylation sites (tertiary alicyclic amines) is 1. The maximum atomic E-state index is 9.06. The molecule has 0 aromatic heterocycles. The van der Waals surface area contributed by atoms with Crippen LogP contribution < -0.4 is 0 Å². The molecule has 1 unspecified atom stereocenters. The van der Waals surface area contributed by atoms with Crippen LogP contribution in [0.2, 0.25) is 0 Å². The molecule has 11 heavy (non-hydrogen) atoms. The van der Waals surface area contributed by atoms with Gasteiger partial charge < -0.3 is 5.11 Å². The zero-order valence-corrected chi connectivity index (χ0v) is 7.00. The molecular formula is C9H17NO. The largest absolute Gasteiger partial charge is 0.395 e. The molecule has 0 aromatic carbocycles. The van der Waals surface area contributed by atoms with Crippen molar-refractivity contribution >= 4 is 0 Å². The van der Waals surface area contributed by atoms with Crippen molar-refractivity contribution in [2.24, 2.45) is 0 Å². The molecule has 1 N–H and O–H groups in total. The van der Waals surface area contributed by atoms with Crippen LogP contribution in [0.1, 0.15) is 32.1 Å². The lowest BCUT2D eigenvalue weighted by molar-refractivity contribution is 0.0784. The normalized spacial score (nSPS) is 34.1. The summed E-state index contributed by atoms with van der Waals surface area (Å²) in [7, 11) is 0. The molecule has 0 radical (unpaired) electrons. The van der Waals surface area contributed by atoms with Gasteiger partial charge in [-0.1, -0.05) is 6.42 Å². The Morgan fingerprint density at radius 1 is 1.18 bits per heavy atom. The lowest BCUT2D eigenvalue weighted by Crippen LogP contribution is -2.44. The highest BCUT2D eigenvalue weighted by molar-refractivity contribution is 4.88.